The molecule has 0 fully saturated rings. The molecule has 0 spiro atoms. The van der Waals surface area contributed by atoms with Crippen LogP contribution in [0.5, 0.6) is 0 Å². The summed E-state index contributed by atoms with van der Waals surface area (Å²) in [5, 5.41) is 7.44. The zero-order valence-corrected chi connectivity index (χ0v) is 49.4. The molecule has 17 rings (SSSR count). The minimum absolute atomic E-state index is 0.133. The molecule has 0 radical (unpaired) electrons. The van der Waals surface area contributed by atoms with Crippen molar-refractivity contribution in [2.24, 2.45) is 0 Å². The van der Waals surface area contributed by atoms with Gasteiger partial charge in [0.25, 0.3) is 6.71 Å². The molecule has 4 heteroatoms. The van der Waals surface area contributed by atoms with Crippen LogP contribution in [-0.4, -0.2) is 11.3 Å². The van der Waals surface area contributed by atoms with E-state index in [2.05, 4.69) is 345 Å². The molecule has 414 valence electrons. The van der Waals surface area contributed by atoms with Gasteiger partial charge in [0.05, 0.1) is 22.4 Å². The third-order valence-electron chi connectivity index (χ3n) is 18.7. The summed E-state index contributed by atoms with van der Waals surface area (Å²) in [6.07, 6.45) is 0. The third-order valence-corrected chi connectivity index (χ3v) is 18.7. The van der Waals surface area contributed by atoms with Crippen LogP contribution in [0.2, 0.25) is 0 Å². The first-order chi connectivity index (χ1) is 43.3. The van der Waals surface area contributed by atoms with Crippen LogP contribution in [0.1, 0.15) is 26.3 Å². The van der Waals surface area contributed by atoms with Gasteiger partial charge in [-0.15, -0.1) is 0 Å². The van der Waals surface area contributed by atoms with Crippen molar-refractivity contribution >= 4 is 101 Å². The first-order valence-electron chi connectivity index (χ1n) is 30.8. The van der Waals surface area contributed by atoms with Crippen molar-refractivity contribution in [3.63, 3.8) is 0 Å². The van der Waals surface area contributed by atoms with Crippen LogP contribution < -0.4 is 26.2 Å². The molecule has 0 N–H and O–H groups in total. The largest absolute Gasteiger partial charge is 0.311 e. The Morgan fingerprint density at radius 1 is 0.273 bits per heavy atom. The minimum Gasteiger partial charge on any atom is -0.311 e. The average Bonchev–Trinajstić information content (AvgIpc) is 0.811. The van der Waals surface area contributed by atoms with Gasteiger partial charge in [0, 0.05) is 50.3 Å². The molecule has 88 heavy (non-hydrogen) atoms. The Kier molecular flexibility index (Phi) is 11.9. The Bertz CT molecular complexity index is 5200. The maximum atomic E-state index is 2.63. The molecule has 0 bridgehead atoms. The molecule has 1 aromatic heterocycles. The summed E-state index contributed by atoms with van der Waals surface area (Å²) in [6.45, 7) is 6.97. The van der Waals surface area contributed by atoms with Crippen molar-refractivity contribution in [3.05, 3.63) is 315 Å². The Balaban J connectivity index is 0.970. The standard InChI is InChI=1S/C84H60BN3/c1-84(2,3)61-52-79-83-80(53-61)88(74-41-23-19-35-64(74)56-28-10-5-11-29-56)78-54-62(86-75-42-24-20-36-65(75)66-37-21-25-43-76(66)86)46-49-72(78)85(83)71-48-45-60(51-77(71)87(79)73-40-22-18-34-63(73)55-26-8-4-9-27-55)59-44-47-69-70(50-59)82(58-32-14-7-15-33-58)68-39-17-16-38-67(68)81(69)57-30-12-6-13-31-57/h4-54H,1-3H3. The summed E-state index contributed by atoms with van der Waals surface area (Å²) >= 11 is 0. The van der Waals surface area contributed by atoms with Crippen LogP contribution in [0.15, 0.2) is 309 Å². The second kappa shape index (κ2) is 20.4. The number of nitrogens with zero attached hydrogens (tertiary/aromatic N) is 3. The zero-order chi connectivity index (χ0) is 58.6. The highest BCUT2D eigenvalue weighted by Crippen LogP contribution is 2.52. The lowest BCUT2D eigenvalue weighted by Crippen LogP contribution is -2.61. The summed E-state index contributed by atoms with van der Waals surface area (Å²) < 4.78 is 2.47. The van der Waals surface area contributed by atoms with Crippen molar-refractivity contribution in [1.82, 2.24) is 4.57 Å². The molecule has 0 unspecified atom stereocenters. The quantitative estimate of drug-likeness (QED) is 0.111. The van der Waals surface area contributed by atoms with Gasteiger partial charge < -0.3 is 14.4 Å². The van der Waals surface area contributed by atoms with Gasteiger partial charge in [-0.05, 0) is 154 Å². The predicted octanol–water partition coefficient (Wildman–Crippen LogP) is 20.8. The third kappa shape index (κ3) is 8.13. The normalized spacial score (nSPS) is 12.6. The van der Waals surface area contributed by atoms with Gasteiger partial charge in [0.2, 0.25) is 0 Å². The average molecular weight is 1120 g/mol. The van der Waals surface area contributed by atoms with E-state index in [4.69, 9.17) is 0 Å². The molecule has 0 saturated heterocycles. The molecule has 3 heterocycles. The Hall–Kier alpha value is -10.9. The fraction of sp³-hybridized carbons (Fsp3) is 0.0476. The number of anilines is 6. The molecule has 0 amide bonds. The summed E-state index contributed by atoms with van der Waals surface area (Å²) in [5.41, 5.74) is 27.2. The highest BCUT2D eigenvalue weighted by atomic mass is 15.2. The van der Waals surface area contributed by atoms with Gasteiger partial charge in [-0.25, -0.2) is 0 Å². The van der Waals surface area contributed by atoms with E-state index in [1.54, 1.807) is 0 Å². The number of para-hydroxylation sites is 4. The van der Waals surface area contributed by atoms with E-state index < -0.39 is 0 Å². The summed E-state index contributed by atoms with van der Waals surface area (Å²) in [6, 6.07) is 116. The van der Waals surface area contributed by atoms with Crippen LogP contribution in [0.25, 0.3) is 105 Å². The predicted molar refractivity (Wildman–Crippen MR) is 376 cm³/mol. The second-order valence-electron chi connectivity index (χ2n) is 24.7. The maximum Gasteiger partial charge on any atom is 0.252 e. The highest BCUT2D eigenvalue weighted by Gasteiger charge is 2.45. The molecular weight excluding hydrogens is 1060 g/mol. The Morgan fingerprint density at radius 3 is 1.19 bits per heavy atom. The summed E-state index contributed by atoms with van der Waals surface area (Å²) in [4.78, 5) is 5.25. The van der Waals surface area contributed by atoms with Gasteiger partial charge in [0.1, 0.15) is 0 Å². The van der Waals surface area contributed by atoms with E-state index in [-0.39, 0.29) is 12.1 Å². The topological polar surface area (TPSA) is 11.4 Å². The first-order valence-corrected chi connectivity index (χ1v) is 30.8. The second-order valence-corrected chi connectivity index (χ2v) is 24.7. The van der Waals surface area contributed by atoms with Crippen LogP contribution in [0.3, 0.4) is 0 Å². The van der Waals surface area contributed by atoms with E-state index in [0.717, 1.165) is 39.6 Å². The molecule has 0 aliphatic carbocycles. The molecule has 14 aromatic carbocycles. The molecule has 2 aliphatic heterocycles. The van der Waals surface area contributed by atoms with Crippen LogP contribution in [0.4, 0.5) is 34.1 Å². The number of hydrogen-bond acceptors (Lipinski definition) is 2. The van der Waals surface area contributed by atoms with Crippen LogP contribution in [0, 0.1) is 0 Å². The molecule has 15 aromatic rings. The van der Waals surface area contributed by atoms with Gasteiger partial charge in [0.15, 0.2) is 0 Å². The van der Waals surface area contributed by atoms with Gasteiger partial charge in [-0.1, -0.05) is 269 Å². The van der Waals surface area contributed by atoms with Gasteiger partial charge >= 0.3 is 0 Å². The molecular formula is C84H60BN3. The zero-order valence-electron chi connectivity index (χ0n) is 49.4. The monoisotopic (exact) mass is 1120 g/mol. The summed E-state index contributed by atoms with van der Waals surface area (Å²) in [5.74, 6) is 0. The van der Waals surface area contributed by atoms with E-state index >= 15 is 0 Å². The highest BCUT2D eigenvalue weighted by molar-refractivity contribution is 7.00. The van der Waals surface area contributed by atoms with Gasteiger partial charge in [-0.2, -0.15) is 0 Å². The first kappa shape index (κ1) is 51.5. The van der Waals surface area contributed by atoms with E-state index in [0.29, 0.717) is 0 Å². The lowest BCUT2D eigenvalue weighted by Gasteiger charge is -2.46. The molecule has 0 atom stereocenters. The van der Waals surface area contributed by atoms with Gasteiger partial charge in [-0.3, -0.25) is 0 Å². The van der Waals surface area contributed by atoms with Crippen molar-refractivity contribution < 1.29 is 0 Å². The molecule has 0 saturated carbocycles. The number of rotatable bonds is 8. The lowest BCUT2D eigenvalue weighted by molar-refractivity contribution is 0.590. The lowest BCUT2D eigenvalue weighted by atomic mass is 9.33. The fourth-order valence-corrected chi connectivity index (χ4v) is 14.7. The minimum atomic E-state index is -0.228. The molecule has 2 aliphatic rings. The number of hydrogen-bond donors (Lipinski definition) is 0. The van der Waals surface area contributed by atoms with Crippen molar-refractivity contribution in [2.75, 3.05) is 9.80 Å². The number of fused-ring (bicyclic) bond motifs is 9. The smallest absolute Gasteiger partial charge is 0.252 e. The Labute approximate surface area is 514 Å². The van der Waals surface area contributed by atoms with Crippen molar-refractivity contribution in [2.45, 2.75) is 26.2 Å². The van der Waals surface area contributed by atoms with E-state index in [1.165, 1.54) is 121 Å². The molecule has 3 nitrogen and oxygen atoms in total. The summed E-state index contributed by atoms with van der Waals surface area (Å²) in [7, 11) is 0. The van der Waals surface area contributed by atoms with Crippen LogP contribution >= 0.6 is 0 Å². The maximum absolute atomic E-state index is 2.63. The fourth-order valence-electron chi connectivity index (χ4n) is 14.7. The number of benzene rings is 14. The van der Waals surface area contributed by atoms with E-state index in [9.17, 15) is 0 Å². The van der Waals surface area contributed by atoms with Crippen molar-refractivity contribution in [3.8, 4) is 61.3 Å². The number of aromatic nitrogens is 1. The van der Waals surface area contributed by atoms with E-state index in [1.807, 2.05) is 0 Å². The van der Waals surface area contributed by atoms with Crippen molar-refractivity contribution in [1.29, 1.82) is 0 Å². The SMILES string of the molecule is CC(C)(C)c1cc2c3c(c1)N(c1ccccc1-c1ccccc1)c1cc(-n4c5ccccc5c5ccccc54)ccc1B3c1ccc(-c3ccc4c(-c5ccccc5)c5ccccc5c(-c5ccccc5)c4c3)cc1N2c1ccccc1-c1ccccc1. The Morgan fingerprint density at radius 2 is 0.670 bits per heavy atom. The van der Waals surface area contributed by atoms with Crippen LogP contribution in [-0.2, 0) is 5.41 Å².